The fourth-order valence-corrected chi connectivity index (χ4v) is 2.00. The second kappa shape index (κ2) is 8.47. The summed E-state index contributed by atoms with van der Waals surface area (Å²) >= 11 is 0. The van der Waals surface area contributed by atoms with Crippen LogP contribution in [0.5, 0.6) is 0 Å². The molecule has 23 heavy (non-hydrogen) atoms. The summed E-state index contributed by atoms with van der Waals surface area (Å²) in [6.45, 7) is 4.07. The minimum absolute atomic E-state index is 0.116. The van der Waals surface area contributed by atoms with E-state index in [9.17, 15) is 19.7 Å². The highest BCUT2D eigenvalue weighted by atomic mass is 16.6. The summed E-state index contributed by atoms with van der Waals surface area (Å²) in [6, 6.07) is 4.19. The Balaban J connectivity index is 3.30. The standard InChI is InChI=1S/C14H19N5O4/c1-3-18(8-7-16-9-20)14(21)13-11(17-10(2)15)5-4-6-12(13)19(22)23/h4-6,9H,3,7-8H2,1-2H3,(H2,15,17)(H,16,20). The van der Waals surface area contributed by atoms with Crippen molar-refractivity contribution in [3.8, 4) is 0 Å². The molecule has 1 aromatic carbocycles. The third kappa shape index (κ3) is 4.77. The highest BCUT2D eigenvalue weighted by Crippen LogP contribution is 2.30. The molecule has 0 spiro atoms. The first-order chi connectivity index (χ1) is 10.9. The number of hydrogen-bond donors (Lipinski definition) is 2. The first-order valence-corrected chi connectivity index (χ1v) is 6.96. The number of nitrogens with two attached hydrogens (primary N) is 1. The van der Waals surface area contributed by atoms with Crippen LogP contribution in [0.3, 0.4) is 0 Å². The predicted octanol–water partition coefficient (Wildman–Crippen LogP) is 0.812. The Kier molecular flexibility index (Phi) is 6.66. The Morgan fingerprint density at radius 2 is 2.22 bits per heavy atom. The molecule has 9 heteroatoms. The number of nitro groups is 1. The van der Waals surface area contributed by atoms with Crippen LogP contribution in [0.1, 0.15) is 24.2 Å². The van der Waals surface area contributed by atoms with E-state index in [-0.39, 0.29) is 35.9 Å². The lowest BCUT2D eigenvalue weighted by molar-refractivity contribution is -0.385. The molecule has 0 bridgehead atoms. The molecule has 0 saturated carbocycles. The molecule has 0 aromatic heterocycles. The molecule has 0 atom stereocenters. The van der Waals surface area contributed by atoms with E-state index in [0.717, 1.165) is 0 Å². The molecular weight excluding hydrogens is 302 g/mol. The van der Waals surface area contributed by atoms with E-state index < -0.39 is 10.8 Å². The summed E-state index contributed by atoms with van der Waals surface area (Å²) in [6.07, 6.45) is 0.525. The van der Waals surface area contributed by atoms with Gasteiger partial charge in [-0.3, -0.25) is 19.7 Å². The van der Waals surface area contributed by atoms with Crippen molar-refractivity contribution in [2.24, 2.45) is 10.7 Å². The van der Waals surface area contributed by atoms with Crippen molar-refractivity contribution < 1.29 is 14.5 Å². The lowest BCUT2D eigenvalue weighted by Gasteiger charge is -2.21. The van der Waals surface area contributed by atoms with Gasteiger partial charge in [-0.25, -0.2) is 4.99 Å². The highest BCUT2D eigenvalue weighted by Gasteiger charge is 2.27. The second-order valence-corrected chi connectivity index (χ2v) is 4.64. The number of carbonyl (C=O) groups excluding carboxylic acids is 2. The lowest BCUT2D eigenvalue weighted by atomic mass is 10.1. The molecule has 0 saturated heterocycles. The Hall–Kier alpha value is -2.97. The van der Waals surface area contributed by atoms with Crippen molar-refractivity contribution in [1.82, 2.24) is 10.2 Å². The van der Waals surface area contributed by atoms with Crippen LogP contribution >= 0.6 is 0 Å². The number of amides is 2. The molecule has 1 aromatic rings. The van der Waals surface area contributed by atoms with Gasteiger partial charge in [0, 0.05) is 25.7 Å². The average Bonchev–Trinajstić information content (AvgIpc) is 2.50. The largest absolute Gasteiger partial charge is 0.387 e. The second-order valence-electron chi connectivity index (χ2n) is 4.64. The molecule has 0 aliphatic carbocycles. The van der Waals surface area contributed by atoms with Crippen LogP contribution in [0, 0.1) is 10.1 Å². The number of benzene rings is 1. The van der Waals surface area contributed by atoms with Crippen molar-refractivity contribution in [3.63, 3.8) is 0 Å². The number of carbonyl (C=O) groups is 2. The maximum Gasteiger partial charge on any atom is 0.284 e. The lowest BCUT2D eigenvalue weighted by Crippen LogP contribution is -2.36. The van der Waals surface area contributed by atoms with Gasteiger partial charge in [0.2, 0.25) is 6.41 Å². The van der Waals surface area contributed by atoms with Gasteiger partial charge < -0.3 is 16.0 Å². The van der Waals surface area contributed by atoms with Crippen LogP contribution in [0.25, 0.3) is 0 Å². The molecule has 124 valence electrons. The number of nitro benzene ring substituents is 1. The van der Waals surface area contributed by atoms with Gasteiger partial charge in [-0.15, -0.1) is 0 Å². The third-order valence-corrected chi connectivity index (χ3v) is 3.01. The monoisotopic (exact) mass is 321 g/mol. The van der Waals surface area contributed by atoms with Gasteiger partial charge >= 0.3 is 0 Å². The van der Waals surface area contributed by atoms with Gasteiger partial charge in [-0.05, 0) is 19.9 Å². The summed E-state index contributed by atoms with van der Waals surface area (Å²) in [5.41, 5.74) is 5.23. The molecule has 0 aliphatic heterocycles. The topological polar surface area (TPSA) is 131 Å². The van der Waals surface area contributed by atoms with Gasteiger partial charge in [-0.1, -0.05) is 6.07 Å². The molecule has 0 unspecified atom stereocenters. The maximum absolute atomic E-state index is 12.7. The van der Waals surface area contributed by atoms with E-state index in [0.29, 0.717) is 13.0 Å². The van der Waals surface area contributed by atoms with E-state index in [1.807, 2.05) is 0 Å². The Morgan fingerprint density at radius 3 is 2.74 bits per heavy atom. The highest BCUT2D eigenvalue weighted by molar-refractivity contribution is 6.03. The zero-order valence-corrected chi connectivity index (χ0v) is 13.0. The van der Waals surface area contributed by atoms with Crippen molar-refractivity contribution in [1.29, 1.82) is 0 Å². The number of rotatable bonds is 8. The summed E-state index contributed by atoms with van der Waals surface area (Å²) < 4.78 is 0. The van der Waals surface area contributed by atoms with Gasteiger partial charge in [0.25, 0.3) is 11.6 Å². The van der Waals surface area contributed by atoms with E-state index in [1.165, 1.54) is 30.0 Å². The van der Waals surface area contributed by atoms with Gasteiger partial charge in [0.05, 0.1) is 16.4 Å². The minimum atomic E-state index is -0.629. The first kappa shape index (κ1) is 18.1. The summed E-state index contributed by atoms with van der Waals surface area (Å²) in [4.78, 5) is 39.0. The number of nitrogens with zero attached hydrogens (tertiary/aromatic N) is 3. The number of nitrogens with one attached hydrogen (secondary N) is 1. The number of aliphatic imine (C=N–C) groups is 1. The van der Waals surface area contributed by atoms with Gasteiger partial charge in [-0.2, -0.15) is 0 Å². The van der Waals surface area contributed by atoms with Crippen molar-refractivity contribution in [2.45, 2.75) is 13.8 Å². The smallest absolute Gasteiger partial charge is 0.284 e. The quantitative estimate of drug-likeness (QED) is 0.183. The summed E-state index contributed by atoms with van der Waals surface area (Å²) in [7, 11) is 0. The molecule has 0 radical (unpaired) electrons. The zero-order chi connectivity index (χ0) is 17.4. The van der Waals surface area contributed by atoms with Crippen LogP contribution in [0.4, 0.5) is 11.4 Å². The molecule has 2 amide bonds. The molecule has 1 rings (SSSR count). The summed E-state index contributed by atoms with van der Waals surface area (Å²) in [5.74, 6) is -0.349. The maximum atomic E-state index is 12.7. The zero-order valence-electron chi connectivity index (χ0n) is 13.0. The normalized spacial score (nSPS) is 11.0. The first-order valence-electron chi connectivity index (χ1n) is 6.96. The van der Waals surface area contributed by atoms with Crippen LogP contribution in [-0.4, -0.2) is 47.6 Å². The van der Waals surface area contributed by atoms with E-state index >= 15 is 0 Å². The summed E-state index contributed by atoms with van der Waals surface area (Å²) in [5, 5.41) is 13.7. The Morgan fingerprint density at radius 1 is 1.52 bits per heavy atom. The van der Waals surface area contributed by atoms with E-state index in [4.69, 9.17) is 5.73 Å². The van der Waals surface area contributed by atoms with E-state index in [2.05, 4.69) is 10.3 Å². The molecule has 3 N–H and O–H groups in total. The number of amidine groups is 1. The average molecular weight is 321 g/mol. The predicted molar refractivity (Wildman–Crippen MR) is 85.7 cm³/mol. The molecule has 9 nitrogen and oxygen atoms in total. The molecule has 0 fully saturated rings. The number of likely N-dealkylation sites (N-methyl/N-ethyl adjacent to an activating group) is 1. The van der Waals surface area contributed by atoms with Crippen molar-refractivity contribution in [2.75, 3.05) is 19.6 Å². The Bertz CT molecular complexity index is 626. The fraction of sp³-hybridized carbons (Fsp3) is 0.357. The Labute approximate surface area is 133 Å². The fourth-order valence-electron chi connectivity index (χ4n) is 2.00. The van der Waals surface area contributed by atoms with Gasteiger partial charge in [0.15, 0.2) is 0 Å². The molecule has 0 heterocycles. The van der Waals surface area contributed by atoms with Crippen LogP contribution in [-0.2, 0) is 4.79 Å². The van der Waals surface area contributed by atoms with Crippen molar-refractivity contribution in [3.05, 3.63) is 33.9 Å². The number of hydrogen-bond acceptors (Lipinski definition) is 5. The van der Waals surface area contributed by atoms with Gasteiger partial charge in [0.1, 0.15) is 5.56 Å². The van der Waals surface area contributed by atoms with Crippen LogP contribution < -0.4 is 11.1 Å². The van der Waals surface area contributed by atoms with Crippen molar-refractivity contribution >= 4 is 29.5 Å². The molecule has 0 aliphatic rings. The SMILES string of the molecule is CCN(CCNC=O)C(=O)c1c(N=C(C)N)cccc1[N+](=O)[O-]. The van der Waals surface area contributed by atoms with E-state index in [1.54, 1.807) is 6.92 Å². The molecular formula is C14H19N5O4. The minimum Gasteiger partial charge on any atom is -0.387 e. The van der Waals surface area contributed by atoms with Crippen LogP contribution in [0.15, 0.2) is 23.2 Å². The van der Waals surface area contributed by atoms with Crippen LogP contribution in [0.2, 0.25) is 0 Å². The third-order valence-electron chi connectivity index (χ3n) is 3.01.